The van der Waals surface area contributed by atoms with Gasteiger partial charge in [-0.1, -0.05) is 54.7 Å². The van der Waals surface area contributed by atoms with Gasteiger partial charge in [-0.05, 0) is 74.6 Å². The van der Waals surface area contributed by atoms with Crippen LogP contribution in [-0.4, -0.2) is 21.7 Å². The fourth-order valence-corrected chi connectivity index (χ4v) is 5.25. The molecule has 1 aliphatic heterocycles. The molecular weight excluding hydrogens is 456 g/mol. The first-order valence-electron chi connectivity index (χ1n) is 12.6. The Balaban J connectivity index is 1.80. The van der Waals surface area contributed by atoms with Crippen LogP contribution in [0.5, 0.6) is 0 Å². The topological polar surface area (TPSA) is 58.1 Å². The third-order valence-corrected chi connectivity index (χ3v) is 7.40. The van der Waals surface area contributed by atoms with Gasteiger partial charge in [0.2, 0.25) is 0 Å². The average Bonchev–Trinajstić information content (AvgIpc) is 3.17. The van der Waals surface area contributed by atoms with E-state index in [-0.39, 0.29) is 0 Å². The highest BCUT2D eigenvalue weighted by atomic mass is 16.5. The number of nitrogens with zero attached hydrogens (tertiary/aromatic N) is 1. The van der Waals surface area contributed by atoms with Crippen LogP contribution in [0, 0.1) is 0 Å². The van der Waals surface area contributed by atoms with Gasteiger partial charge < -0.3 is 14.8 Å². The van der Waals surface area contributed by atoms with Crippen molar-refractivity contribution in [2.75, 3.05) is 6.61 Å². The van der Waals surface area contributed by atoms with Gasteiger partial charge in [0, 0.05) is 40.1 Å². The summed E-state index contributed by atoms with van der Waals surface area (Å²) in [5.41, 5.74) is 11.2. The van der Waals surface area contributed by atoms with Crippen molar-refractivity contribution in [3.8, 4) is 0 Å². The minimum atomic E-state index is -1.46. The Morgan fingerprint density at radius 3 is 2.49 bits per heavy atom. The van der Waals surface area contributed by atoms with Gasteiger partial charge in [-0.25, -0.2) is 4.98 Å². The zero-order valence-corrected chi connectivity index (χ0v) is 22.0. The molecule has 0 amide bonds. The van der Waals surface area contributed by atoms with Crippen molar-refractivity contribution in [2.24, 2.45) is 0 Å². The lowest BCUT2D eigenvalue weighted by Crippen LogP contribution is -2.32. The van der Waals surface area contributed by atoms with Crippen molar-refractivity contribution in [3.05, 3.63) is 135 Å². The molecule has 1 unspecified atom stereocenters. The fraction of sp³-hybridized carbons (Fsp3) is 0.212. The largest absolute Gasteiger partial charge is 0.493 e. The monoisotopic (exact) mass is 488 g/mol. The third-order valence-electron chi connectivity index (χ3n) is 7.40. The molecule has 0 radical (unpaired) electrons. The first kappa shape index (κ1) is 24.6. The molecule has 1 atom stereocenters. The second kappa shape index (κ2) is 9.74. The summed E-state index contributed by atoms with van der Waals surface area (Å²) in [5.74, 6) is 0.885. The number of rotatable bonds is 4. The molecule has 186 valence electrons. The summed E-state index contributed by atoms with van der Waals surface area (Å²) in [6.07, 6.45) is 23.4. The molecule has 3 aliphatic rings. The number of aromatic amines is 1. The molecule has 0 fully saturated rings. The number of aliphatic hydroxyl groups is 1. The normalized spacial score (nSPS) is 24.1. The molecule has 4 nitrogen and oxygen atoms in total. The number of pyridine rings is 1. The number of allylic oxidation sites excluding steroid dienone is 12. The first-order valence-corrected chi connectivity index (χ1v) is 12.6. The number of H-pyrrole nitrogens is 1. The summed E-state index contributed by atoms with van der Waals surface area (Å²) in [4.78, 5) is 8.08. The Morgan fingerprint density at radius 1 is 0.946 bits per heavy atom. The van der Waals surface area contributed by atoms with E-state index in [0.717, 1.165) is 55.8 Å². The minimum Gasteiger partial charge on any atom is -0.493 e. The van der Waals surface area contributed by atoms with Crippen LogP contribution in [0.15, 0.2) is 124 Å². The highest BCUT2D eigenvalue weighted by Crippen LogP contribution is 2.46. The lowest BCUT2D eigenvalue weighted by molar-refractivity contribution is 0.122. The number of nitrogens with one attached hydrogen (secondary N) is 1. The first-order chi connectivity index (χ1) is 17.8. The maximum Gasteiger partial charge on any atom is 0.143 e. The molecule has 2 aliphatic carbocycles. The molecule has 2 N–H and O–H groups in total. The van der Waals surface area contributed by atoms with Crippen LogP contribution in [0.3, 0.4) is 0 Å². The van der Waals surface area contributed by atoms with Crippen LogP contribution in [0.1, 0.15) is 45.7 Å². The molecule has 2 aromatic heterocycles. The summed E-state index contributed by atoms with van der Waals surface area (Å²) in [6, 6.07) is 2.11. The minimum absolute atomic E-state index is 0.606. The smallest absolute Gasteiger partial charge is 0.143 e. The summed E-state index contributed by atoms with van der Waals surface area (Å²) < 4.78 is 5.95. The molecule has 0 bridgehead atoms. The van der Waals surface area contributed by atoms with Gasteiger partial charge >= 0.3 is 0 Å². The molecule has 0 aromatic carbocycles. The molecule has 5 rings (SSSR count). The fourth-order valence-electron chi connectivity index (χ4n) is 5.25. The van der Waals surface area contributed by atoms with Crippen molar-refractivity contribution in [1.29, 1.82) is 0 Å². The Labute approximate surface area is 218 Å². The highest BCUT2D eigenvalue weighted by molar-refractivity contribution is 5.90. The van der Waals surface area contributed by atoms with Gasteiger partial charge in [0.25, 0.3) is 0 Å². The lowest BCUT2D eigenvalue weighted by Gasteiger charge is -2.34. The Morgan fingerprint density at radius 2 is 1.68 bits per heavy atom. The summed E-state index contributed by atoms with van der Waals surface area (Å²) in [7, 11) is 0. The maximum atomic E-state index is 12.9. The van der Waals surface area contributed by atoms with E-state index >= 15 is 0 Å². The van der Waals surface area contributed by atoms with E-state index in [1.807, 2.05) is 93.9 Å². The summed E-state index contributed by atoms with van der Waals surface area (Å²) in [6.45, 7) is 10.9. The van der Waals surface area contributed by atoms with E-state index in [2.05, 4.69) is 30.6 Å². The third kappa shape index (κ3) is 4.25. The van der Waals surface area contributed by atoms with E-state index in [9.17, 15) is 5.11 Å². The maximum absolute atomic E-state index is 12.9. The van der Waals surface area contributed by atoms with E-state index in [0.29, 0.717) is 6.61 Å². The SMILES string of the molecule is CC1=C=CC=CC=C1C(O)(C1=C/C=C/C=C\C=C\1C)c1c[nH]c2ncc(C3=C(C)OCC(C)=C3C)cc12. The number of hydrogen-bond acceptors (Lipinski definition) is 3. The predicted molar refractivity (Wildman–Crippen MR) is 152 cm³/mol. The molecule has 2 aromatic rings. The van der Waals surface area contributed by atoms with Crippen molar-refractivity contribution in [2.45, 2.75) is 40.2 Å². The van der Waals surface area contributed by atoms with Crippen LogP contribution >= 0.6 is 0 Å². The lowest BCUT2D eigenvalue weighted by atomic mass is 9.74. The number of hydrogen-bond donors (Lipinski definition) is 2. The molecule has 0 saturated heterocycles. The van der Waals surface area contributed by atoms with Crippen molar-refractivity contribution in [3.63, 3.8) is 0 Å². The molecule has 4 heteroatoms. The van der Waals surface area contributed by atoms with E-state index in [4.69, 9.17) is 9.72 Å². The van der Waals surface area contributed by atoms with Crippen molar-refractivity contribution in [1.82, 2.24) is 9.97 Å². The zero-order chi connectivity index (χ0) is 26.2. The second-order valence-electron chi connectivity index (χ2n) is 9.76. The van der Waals surface area contributed by atoms with Gasteiger partial charge in [0.05, 0.1) is 0 Å². The Hall–Kier alpha value is -4.11. The van der Waals surface area contributed by atoms with E-state index < -0.39 is 5.60 Å². The van der Waals surface area contributed by atoms with Gasteiger partial charge in [-0.3, -0.25) is 0 Å². The molecule has 37 heavy (non-hydrogen) atoms. The average molecular weight is 489 g/mol. The van der Waals surface area contributed by atoms with Crippen LogP contribution in [0.25, 0.3) is 16.6 Å². The van der Waals surface area contributed by atoms with Gasteiger partial charge in [-0.2, -0.15) is 0 Å². The van der Waals surface area contributed by atoms with Gasteiger partial charge in [0.1, 0.15) is 23.6 Å². The van der Waals surface area contributed by atoms with Crippen LogP contribution in [0.2, 0.25) is 0 Å². The Kier molecular flexibility index (Phi) is 6.47. The van der Waals surface area contributed by atoms with E-state index in [1.165, 1.54) is 11.1 Å². The standard InChI is InChI=1S/C33H32N2O2/c1-21-13-9-6-7-11-15-28(21)33(36,29-16-12-8-10-14-22(29)2)30-19-35-32-27(30)17-26(18-34-32)31-24(4)23(3)20-37-25(31)5/h6-13,15-19,36H,20H2,1-5H3,(H,34,35)/b7-6?,9-6-,11-7+,13-9?,15-11?,21-13+,28-15+,28-21?. The summed E-state index contributed by atoms with van der Waals surface area (Å²) >= 11 is 0. The zero-order valence-electron chi connectivity index (χ0n) is 22.0. The number of ether oxygens (including phenoxy) is 1. The predicted octanol–water partition coefficient (Wildman–Crippen LogP) is 7.44. The molecular formula is C33H32N2O2. The Bertz CT molecular complexity index is 1600. The quantitative estimate of drug-likeness (QED) is 0.440. The number of aromatic nitrogens is 2. The molecule has 0 spiro atoms. The molecule has 3 heterocycles. The van der Waals surface area contributed by atoms with Gasteiger partial charge in [-0.15, -0.1) is 5.73 Å². The van der Waals surface area contributed by atoms with Crippen LogP contribution in [0.4, 0.5) is 0 Å². The van der Waals surface area contributed by atoms with Crippen molar-refractivity contribution >= 4 is 16.6 Å². The second-order valence-corrected chi connectivity index (χ2v) is 9.76. The van der Waals surface area contributed by atoms with E-state index in [1.54, 1.807) is 0 Å². The van der Waals surface area contributed by atoms with Gasteiger partial charge in [0.15, 0.2) is 0 Å². The van der Waals surface area contributed by atoms with Crippen molar-refractivity contribution < 1.29 is 9.84 Å². The highest BCUT2D eigenvalue weighted by Gasteiger charge is 2.41. The summed E-state index contributed by atoms with van der Waals surface area (Å²) in [5, 5.41) is 13.8. The molecule has 0 saturated carbocycles. The van der Waals surface area contributed by atoms with Crippen LogP contribution < -0.4 is 0 Å². The van der Waals surface area contributed by atoms with Crippen LogP contribution in [-0.2, 0) is 10.3 Å². The number of fused-ring (bicyclic) bond motifs is 1.